The summed E-state index contributed by atoms with van der Waals surface area (Å²) in [5.74, 6) is 0. The normalized spacial score (nSPS) is 22.0. The van der Waals surface area contributed by atoms with Gasteiger partial charge in [0.15, 0.2) is 5.43 Å². The van der Waals surface area contributed by atoms with E-state index in [-0.39, 0.29) is 17.6 Å². The molecule has 1 saturated heterocycles. The number of hydrogen-bond acceptors (Lipinski definition) is 4. The highest BCUT2D eigenvalue weighted by molar-refractivity contribution is 5.83. The summed E-state index contributed by atoms with van der Waals surface area (Å²) in [6.07, 6.45) is 0.405. The summed E-state index contributed by atoms with van der Waals surface area (Å²) in [4.78, 5) is 20.8. The first-order valence-corrected chi connectivity index (χ1v) is 8.56. The Morgan fingerprint density at radius 2 is 1.92 bits per heavy atom. The van der Waals surface area contributed by atoms with Gasteiger partial charge in [-0.1, -0.05) is 0 Å². The highest BCUT2D eigenvalue weighted by Gasteiger charge is 2.23. The summed E-state index contributed by atoms with van der Waals surface area (Å²) in [6, 6.07) is 5.99. The predicted molar refractivity (Wildman–Crippen MR) is 98.9 cm³/mol. The van der Waals surface area contributed by atoms with Crippen molar-refractivity contribution in [2.45, 2.75) is 39.5 Å². The van der Waals surface area contributed by atoms with E-state index >= 15 is 0 Å². The van der Waals surface area contributed by atoms with Crippen LogP contribution in [0, 0.1) is 6.92 Å². The number of aryl methyl sites for hydroxylation is 1. The van der Waals surface area contributed by atoms with Crippen molar-refractivity contribution in [2.24, 2.45) is 0 Å². The Morgan fingerprint density at radius 3 is 2.54 bits per heavy atom. The van der Waals surface area contributed by atoms with Crippen LogP contribution in [0.3, 0.4) is 0 Å². The van der Waals surface area contributed by atoms with Crippen LogP contribution in [0.25, 0.3) is 10.9 Å². The van der Waals surface area contributed by atoms with Crippen molar-refractivity contribution < 1.29 is 4.74 Å². The number of hydrogen-bond donors (Lipinski definition) is 1. The van der Waals surface area contributed by atoms with Crippen LogP contribution in [0.5, 0.6) is 0 Å². The van der Waals surface area contributed by atoms with Crippen LogP contribution in [-0.4, -0.2) is 49.3 Å². The third-order valence-corrected chi connectivity index (χ3v) is 4.69. The molecule has 5 heteroatoms. The van der Waals surface area contributed by atoms with Gasteiger partial charge < -0.3 is 14.6 Å². The molecule has 1 aliphatic rings. The number of morpholine rings is 1. The fraction of sp³-hybridized carbons (Fsp3) is 0.526. The highest BCUT2D eigenvalue weighted by atomic mass is 16.5. The molecule has 130 valence electrons. The molecule has 0 amide bonds. The van der Waals surface area contributed by atoms with Gasteiger partial charge in [-0.3, -0.25) is 9.69 Å². The maximum Gasteiger partial charge on any atom is 0.194 e. The molecule has 0 bridgehead atoms. The SMILES string of the molecule is Cc1[nH]c2ccc(N(C)C)cc2c(=O)c1CN1C[C@H](C)O[C@@H](C)C1. The smallest absolute Gasteiger partial charge is 0.194 e. The van der Waals surface area contributed by atoms with Crippen LogP contribution in [0.1, 0.15) is 25.1 Å². The zero-order valence-electron chi connectivity index (χ0n) is 15.2. The lowest BCUT2D eigenvalue weighted by Gasteiger charge is -2.35. The third-order valence-electron chi connectivity index (χ3n) is 4.69. The number of anilines is 1. The van der Waals surface area contributed by atoms with Gasteiger partial charge in [0.1, 0.15) is 0 Å². The van der Waals surface area contributed by atoms with Crippen LogP contribution in [0.15, 0.2) is 23.0 Å². The van der Waals surface area contributed by atoms with Crippen molar-refractivity contribution in [3.05, 3.63) is 39.7 Å². The molecule has 2 heterocycles. The van der Waals surface area contributed by atoms with Gasteiger partial charge in [-0.25, -0.2) is 0 Å². The number of ether oxygens (including phenoxy) is 1. The Kier molecular flexibility index (Phi) is 4.65. The number of aromatic nitrogens is 1. The molecule has 3 rings (SSSR count). The van der Waals surface area contributed by atoms with E-state index in [2.05, 4.69) is 23.7 Å². The van der Waals surface area contributed by atoms with E-state index in [1.165, 1.54) is 0 Å². The highest BCUT2D eigenvalue weighted by Crippen LogP contribution is 2.20. The maximum atomic E-state index is 13.1. The van der Waals surface area contributed by atoms with E-state index in [9.17, 15) is 4.79 Å². The molecule has 0 unspecified atom stereocenters. The second-order valence-corrected chi connectivity index (χ2v) is 7.13. The Labute approximate surface area is 143 Å². The van der Waals surface area contributed by atoms with Gasteiger partial charge in [-0.15, -0.1) is 0 Å². The Morgan fingerprint density at radius 1 is 1.25 bits per heavy atom. The lowest BCUT2D eigenvalue weighted by molar-refractivity contribution is -0.0706. The minimum atomic E-state index is 0.136. The van der Waals surface area contributed by atoms with E-state index in [1.54, 1.807) is 0 Å². The second kappa shape index (κ2) is 6.57. The number of rotatable bonds is 3. The monoisotopic (exact) mass is 329 g/mol. The summed E-state index contributed by atoms with van der Waals surface area (Å²) in [6.45, 7) is 8.55. The quantitative estimate of drug-likeness (QED) is 0.940. The lowest BCUT2D eigenvalue weighted by Crippen LogP contribution is -2.45. The van der Waals surface area contributed by atoms with Gasteiger partial charge in [-0.2, -0.15) is 0 Å². The van der Waals surface area contributed by atoms with Crippen LogP contribution in [-0.2, 0) is 11.3 Å². The number of benzene rings is 1. The minimum absolute atomic E-state index is 0.136. The van der Waals surface area contributed by atoms with Crippen molar-refractivity contribution in [2.75, 3.05) is 32.1 Å². The van der Waals surface area contributed by atoms with E-state index < -0.39 is 0 Å². The number of aromatic amines is 1. The molecular weight excluding hydrogens is 302 g/mol. The molecule has 0 saturated carbocycles. The minimum Gasteiger partial charge on any atom is -0.378 e. The first-order valence-electron chi connectivity index (χ1n) is 8.56. The molecule has 1 fully saturated rings. The summed E-state index contributed by atoms with van der Waals surface area (Å²) in [7, 11) is 3.97. The Hall–Kier alpha value is -1.85. The van der Waals surface area contributed by atoms with Crippen molar-refractivity contribution in [1.29, 1.82) is 0 Å². The van der Waals surface area contributed by atoms with E-state index in [4.69, 9.17) is 4.74 Å². The van der Waals surface area contributed by atoms with E-state index in [0.717, 1.165) is 40.9 Å². The number of nitrogens with zero attached hydrogens (tertiary/aromatic N) is 2. The topological polar surface area (TPSA) is 48.6 Å². The summed E-state index contributed by atoms with van der Waals surface area (Å²) in [5.41, 5.74) is 3.89. The van der Waals surface area contributed by atoms with Crippen molar-refractivity contribution in [1.82, 2.24) is 9.88 Å². The van der Waals surface area contributed by atoms with Crippen LogP contribution in [0.2, 0.25) is 0 Å². The maximum absolute atomic E-state index is 13.1. The molecule has 2 aromatic rings. The van der Waals surface area contributed by atoms with Gasteiger partial charge in [0.05, 0.1) is 12.2 Å². The molecular formula is C19H27N3O2. The van der Waals surface area contributed by atoms with Crippen LogP contribution >= 0.6 is 0 Å². The molecule has 5 nitrogen and oxygen atoms in total. The van der Waals surface area contributed by atoms with Gasteiger partial charge >= 0.3 is 0 Å². The average molecular weight is 329 g/mol. The number of fused-ring (bicyclic) bond motifs is 1. The first kappa shape index (κ1) is 17.0. The van der Waals surface area contributed by atoms with Gasteiger partial charge in [0, 0.05) is 61.6 Å². The zero-order valence-corrected chi connectivity index (χ0v) is 15.2. The molecule has 2 atom stereocenters. The third kappa shape index (κ3) is 3.32. The van der Waals surface area contributed by atoms with Crippen molar-refractivity contribution >= 4 is 16.6 Å². The Bertz CT molecular complexity index is 787. The second-order valence-electron chi connectivity index (χ2n) is 7.13. The predicted octanol–water partition coefficient (Wildman–Crippen LogP) is 2.51. The number of nitrogens with one attached hydrogen (secondary N) is 1. The summed E-state index contributed by atoms with van der Waals surface area (Å²) < 4.78 is 5.79. The average Bonchev–Trinajstić information content (AvgIpc) is 2.50. The molecule has 0 radical (unpaired) electrons. The van der Waals surface area contributed by atoms with Crippen molar-refractivity contribution in [3.8, 4) is 0 Å². The molecule has 1 aromatic carbocycles. The van der Waals surface area contributed by atoms with Crippen LogP contribution < -0.4 is 10.3 Å². The van der Waals surface area contributed by atoms with Gasteiger partial charge in [-0.05, 0) is 39.0 Å². The van der Waals surface area contributed by atoms with Crippen LogP contribution in [0.4, 0.5) is 5.69 Å². The van der Waals surface area contributed by atoms with Crippen molar-refractivity contribution in [3.63, 3.8) is 0 Å². The Balaban J connectivity index is 1.99. The molecule has 0 aliphatic carbocycles. The molecule has 24 heavy (non-hydrogen) atoms. The summed E-state index contributed by atoms with van der Waals surface area (Å²) >= 11 is 0. The summed E-state index contributed by atoms with van der Waals surface area (Å²) in [5, 5.41) is 0.760. The molecule has 0 spiro atoms. The molecule has 1 aliphatic heterocycles. The fourth-order valence-electron chi connectivity index (χ4n) is 3.55. The number of pyridine rings is 1. The van der Waals surface area contributed by atoms with Gasteiger partial charge in [0.2, 0.25) is 0 Å². The first-order chi connectivity index (χ1) is 11.3. The van der Waals surface area contributed by atoms with E-state index in [1.807, 2.05) is 44.1 Å². The molecule has 1 N–H and O–H groups in total. The largest absolute Gasteiger partial charge is 0.378 e. The standard InChI is InChI=1S/C19H27N3O2/c1-12-9-22(10-13(2)24-12)11-17-14(3)20-18-7-6-15(21(4)5)8-16(18)19(17)23/h6-8,12-13H,9-11H2,1-5H3,(H,20,23)/t12-,13-/m0/s1. The fourth-order valence-corrected chi connectivity index (χ4v) is 3.55. The lowest BCUT2D eigenvalue weighted by atomic mass is 10.1. The number of H-pyrrole nitrogens is 1. The zero-order chi connectivity index (χ0) is 17.4. The molecule has 1 aromatic heterocycles. The van der Waals surface area contributed by atoms with E-state index in [0.29, 0.717) is 6.54 Å². The van der Waals surface area contributed by atoms with Gasteiger partial charge in [0.25, 0.3) is 0 Å².